The molecule has 1 heterocycles. The van der Waals surface area contributed by atoms with Gasteiger partial charge in [0.15, 0.2) is 0 Å². The molecule has 3 N–H and O–H groups in total. The fourth-order valence-corrected chi connectivity index (χ4v) is 1.88. The third-order valence-electron chi connectivity index (χ3n) is 3.00. The largest absolute Gasteiger partial charge is 0.366 e. The molecule has 0 aliphatic heterocycles. The molecule has 1 atom stereocenters. The van der Waals surface area contributed by atoms with Gasteiger partial charge in [-0.25, -0.2) is 4.39 Å². The van der Waals surface area contributed by atoms with Crippen LogP contribution in [-0.4, -0.2) is 21.7 Å². The Balaban J connectivity index is 1.92. The van der Waals surface area contributed by atoms with Crippen LogP contribution in [0.1, 0.15) is 22.8 Å². The molecule has 2 rings (SSSR count). The molecule has 1 aromatic carbocycles. The van der Waals surface area contributed by atoms with E-state index in [-0.39, 0.29) is 11.6 Å². The molecule has 20 heavy (non-hydrogen) atoms. The average Bonchev–Trinajstić information content (AvgIpc) is 2.90. The van der Waals surface area contributed by atoms with Gasteiger partial charge >= 0.3 is 0 Å². The Morgan fingerprint density at radius 1 is 1.55 bits per heavy atom. The summed E-state index contributed by atoms with van der Waals surface area (Å²) < 4.78 is 15.6. The molecule has 0 radical (unpaired) electrons. The van der Waals surface area contributed by atoms with Crippen molar-refractivity contribution in [2.24, 2.45) is 5.73 Å². The molecule has 0 fully saturated rings. The van der Waals surface area contributed by atoms with E-state index in [1.807, 2.05) is 23.9 Å². The first kappa shape index (κ1) is 14.2. The SMILES string of the molecule is CC(Cn1cccn1)NCc1ccc(C(N)=O)cc1F. The third kappa shape index (κ3) is 3.64. The minimum atomic E-state index is -0.629. The van der Waals surface area contributed by atoms with Crippen molar-refractivity contribution in [1.29, 1.82) is 0 Å². The number of hydrogen-bond acceptors (Lipinski definition) is 3. The van der Waals surface area contributed by atoms with Crippen LogP contribution in [0.15, 0.2) is 36.7 Å². The van der Waals surface area contributed by atoms with E-state index in [0.717, 1.165) is 6.07 Å². The number of rotatable bonds is 6. The highest BCUT2D eigenvalue weighted by Gasteiger charge is 2.08. The van der Waals surface area contributed by atoms with Crippen molar-refractivity contribution in [3.63, 3.8) is 0 Å². The predicted molar refractivity (Wildman–Crippen MR) is 73.4 cm³/mol. The van der Waals surface area contributed by atoms with Gasteiger partial charge in [0.05, 0.1) is 6.54 Å². The number of benzene rings is 1. The van der Waals surface area contributed by atoms with E-state index in [9.17, 15) is 9.18 Å². The summed E-state index contributed by atoms with van der Waals surface area (Å²) in [7, 11) is 0. The smallest absolute Gasteiger partial charge is 0.248 e. The molecule has 6 heteroatoms. The predicted octanol–water partition coefficient (Wildman–Crippen LogP) is 1.30. The van der Waals surface area contributed by atoms with Crippen LogP contribution < -0.4 is 11.1 Å². The number of nitrogens with two attached hydrogens (primary N) is 1. The van der Waals surface area contributed by atoms with Gasteiger partial charge in [0, 0.05) is 36.1 Å². The number of carbonyl (C=O) groups excluding carboxylic acids is 1. The Bertz CT molecular complexity index is 583. The van der Waals surface area contributed by atoms with Gasteiger partial charge < -0.3 is 11.1 Å². The number of aromatic nitrogens is 2. The summed E-state index contributed by atoms with van der Waals surface area (Å²) in [6, 6.07) is 6.26. The van der Waals surface area contributed by atoms with E-state index < -0.39 is 11.7 Å². The number of halogens is 1. The first-order valence-corrected chi connectivity index (χ1v) is 6.35. The summed E-state index contributed by atoms with van der Waals surface area (Å²) in [5.41, 5.74) is 5.78. The number of carbonyl (C=O) groups is 1. The van der Waals surface area contributed by atoms with Crippen LogP contribution in [0.4, 0.5) is 4.39 Å². The molecular weight excluding hydrogens is 259 g/mol. The minimum absolute atomic E-state index is 0.144. The Morgan fingerprint density at radius 3 is 2.95 bits per heavy atom. The summed E-state index contributed by atoms with van der Waals surface area (Å²) in [5, 5.41) is 7.32. The molecular formula is C14H17FN4O. The fraction of sp³-hybridized carbons (Fsp3) is 0.286. The molecule has 5 nitrogen and oxygen atoms in total. The highest BCUT2D eigenvalue weighted by Crippen LogP contribution is 2.10. The summed E-state index contributed by atoms with van der Waals surface area (Å²) in [6.45, 7) is 3.08. The fourth-order valence-electron chi connectivity index (χ4n) is 1.88. The second-order valence-electron chi connectivity index (χ2n) is 4.68. The Labute approximate surface area is 116 Å². The second-order valence-corrected chi connectivity index (χ2v) is 4.68. The van der Waals surface area contributed by atoms with Crippen LogP contribution in [0.2, 0.25) is 0 Å². The van der Waals surface area contributed by atoms with Crippen molar-refractivity contribution in [1.82, 2.24) is 15.1 Å². The van der Waals surface area contributed by atoms with Crippen molar-refractivity contribution in [2.75, 3.05) is 0 Å². The van der Waals surface area contributed by atoms with Gasteiger partial charge in [0.25, 0.3) is 0 Å². The van der Waals surface area contributed by atoms with Crippen LogP contribution in [0, 0.1) is 5.82 Å². The number of hydrogen-bond donors (Lipinski definition) is 2. The van der Waals surface area contributed by atoms with Crippen LogP contribution >= 0.6 is 0 Å². The molecule has 0 spiro atoms. The van der Waals surface area contributed by atoms with Crippen LogP contribution in [-0.2, 0) is 13.1 Å². The van der Waals surface area contributed by atoms with Crippen molar-refractivity contribution in [3.8, 4) is 0 Å². The molecule has 1 aromatic heterocycles. The maximum absolute atomic E-state index is 13.8. The number of nitrogens with one attached hydrogen (secondary N) is 1. The van der Waals surface area contributed by atoms with E-state index in [1.165, 1.54) is 6.07 Å². The van der Waals surface area contributed by atoms with E-state index >= 15 is 0 Å². The van der Waals surface area contributed by atoms with Gasteiger partial charge in [-0.05, 0) is 25.1 Å². The highest BCUT2D eigenvalue weighted by molar-refractivity contribution is 5.92. The number of primary amides is 1. The first-order valence-electron chi connectivity index (χ1n) is 6.35. The van der Waals surface area contributed by atoms with Crippen molar-refractivity contribution < 1.29 is 9.18 Å². The van der Waals surface area contributed by atoms with Gasteiger partial charge in [-0.2, -0.15) is 5.10 Å². The van der Waals surface area contributed by atoms with Crippen molar-refractivity contribution >= 4 is 5.91 Å². The van der Waals surface area contributed by atoms with E-state index in [2.05, 4.69) is 10.4 Å². The molecule has 0 saturated heterocycles. The number of amides is 1. The van der Waals surface area contributed by atoms with Gasteiger partial charge in [0.2, 0.25) is 5.91 Å². The van der Waals surface area contributed by atoms with Crippen molar-refractivity contribution in [2.45, 2.75) is 26.1 Å². The highest BCUT2D eigenvalue weighted by atomic mass is 19.1. The first-order chi connectivity index (χ1) is 9.56. The summed E-state index contributed by atoms with van der Waals surface area (Å²) in [4.78, 5) is 10.9. The Morgan fingerprint density at radius 2 is 2.35 bits per heavy atom. The average molecular weight is 276 g/mol. The molecule has 1 amide bonds. The third-order valence-corrected chi connectivity index (χ3v) is 3.00. The van der Waals surface area contributed by atoms with Crippen LogP contribution in [0.25, 0.3) is 0 Å². The molecule has 0 aliphatic rings. The molecule has 0 aliphatic carbocycles. The van der Waals surface area contributed by atoms with Crippen LogP contribution in [0.5, 0.6) is 0 Å². The summed E-state index contributed by atoms with van der Waals surface area (Å²) >= 11 is 0. The second kappa shape index (κ2) is 6.29. The van der Waals surface area contributed by atoms with Gasteiger partial charge in [-0.1, -0.05) is 6.07 Å². The standard InChI is InChI=1S/C14H17FN4O/c1-10(9-19-6-2-5-18-19)17-8-12-4-3-11(14(16)20)7-13(12)15/h2-7,10,17H,8-9H2,1H3,(H2,16,20). The van der Waals surface area contributed by atoms with Crippen molar-refractivity contribution in [3.05, 3.63) is 53.6 Å². The summed E-state index contributed by atoms with van der Waals surface area (Å²) in [5.74, 6) is -1.06. The topological polar surface area (TPSA) is 72.9 Å². The zero-order chi connectivity index (χ0) is 14.5. The zero-order valence-electron chi connectivity index (χ0n) is 11.2. The lowest BCUT2D eigenvalue weighted by Gasteiger charge is -2.14. The maximum atomic E-state index is 13.8. The minimum Gasteiger partial charge on any atom is -0.366 e. The summed E-state index contributed by atoms with van der Waals surface area (Å²) in [6.07, 6.45) is 3.59. The van der Waals surface area contributed by atoms with Gasteiger partial charge in [-0.3, -0.25) is 9.48 Å². The van der Waals surface area contributed by atoms with E-state index in [1.54, 1.807) is 12.3 Å². The lowest BCUT2D eigenvalue weighted by Crippen LogP contribution is -2.30. The lowest BCUT2D eigenvalue weighted by molar-refractivity contribution is 0.1000. The quantitative estimate of drug-likeness (QED) is 0.835. The van der Waals surface area contributed by atoms with E-state index in [0.29, 0.717) is 18.7 Å². The molecule has 1 unspecified atom stereocenters. The monoisotopic (exact) mass is 276 g/mol. The lowest BCUT2D eigenvalue weighted by atomic mass is 10.1. The van der Waals surface area contributed by atoms with E-state index in [4.69, 9.17) is 5.73 Å². The molecule has 0 bridgehead atoms. The van der Waals surface area contributed by atoms with Gasteiger partial charge in [0.1, 0.15) is 5.82 Å². The van der Waals surface area contributed by atoms with Gasteiger partial charge in [-0.15, -0.1) is 0 Å². The Kier molecular flexibility index (Phi) is 4.47. The molecule has 0 saturated carbocycles. The zero-order valence-corrected chi connectivity index (χ0v) is 11.2. The molecule has 2 aromatic rings. The number of nitrogens with zero attached hydrogens (tertiary/aromatic N) is 2. The normalized spacial score (nSPS) is 12.3. The van der Waals surface area contributed by atoms with Crippen LogP contribution in [0.3, 0.4) is 0 Å². The Hall–Kier alpha value is -2.21. The maximum Gasteiger partial charge on any atom is 0.248 e. The molecule has 106 valence electrons.